The van der Waals surface area contributed by atoms with E-state index in [0.717, 1.165) is 38.1 Å². The van der Waals surface area contributed by atoms with Crippen molar-refractivity contribution in [3.05, 3.63) is 47.5 Å². The van der Waals surface area contributed by atoms with Crippen LogP contribution in [-0.2, 0) is 6.18 Å². The molecule has 0 radical (unpaired) electrons. The van der Waals surface area contributed by atoms with Crippen LogP contribution in [0.1, 0.15) is 15.9 Å². The molecule has 3 heterocycles. The first-order valence-electron chi connectivity index (χ1n) is 10.3. The van der Waals surface area contributed by atoms with Crippen LogP contribution < -0.4 is 9.80 Å². The summed E-state index contributed by atoms with van der Waals surface area (Å²) < 4.78 is 39.7. The molecule has 0 atom stereocenters. The van der Waals surface area contributed by atoms with Crippen LogP contribution in [0, 0.1) is 0 Å². The molecule has 0 bridgehead atoms. The topological polar surface area (TPSA) is 55.8 Å². The Labute approximate surface area is 179 Å². The predicted octanol–water partition coefficient (Wildman–Crippen LogP) is 2.21. The van der Waals surface area contributed by atoms with Gasteiger partial charge in [-0.25, -0.2) is 0 Å². The smallest absolute Gasteiger partial charge is 0.353 e. The van der Waals surface area contributed by atoms with Gasteiger partial charge in [0, 0.05) is 52.4 Å². The minimum Gasteiger partial charge on any atom is -0.353 e. The molecule has 2 aliphatic rings. The number of nitrogens with zero attached hydrogens (tertiary/aromatic N) is 6. The van der Waals surface area contributed by atoms with Crippen molar-refractivity contribution in [2.45, 2.75) is 6.18 Å². The number of likely N-dealkylation sites (N-methyl/N-ethyl adjacent to an activating group) is 1. The van der Waals surface area contributed by atoms with Gasteiger partial charge in [-0.05, 0) is 31.3 Å². The van der Waals surface area contributed by atoms with Gasteiger partial charge in [0.2, 0.25) is 0 Å². The quantitative estimate of drug-likeness (QED) is 0.739. The number of carbonyl (C=O) groups excluding carboxylic acids is 1. The Kier molecular flexibility index (Phi) is 5.99. The fourth-order valence-electron chi connectivity index (χ4n) is 3.92. The number of piperazine rings is 2. The van der Waals surface area contributed by atoms with Gasteiger partial charge >= 0.3 is 6.18 Å². The zero-order chi connectivity index (χ0) is 22.0. The molecule has 1 aromatic heterocycles. The highest BCUT2D eigenvalue weighted by atomic mass is 19.4. The second-order valence-electron chi connectivity index (χ2n) is 7.86. The lowest BCUT2D eigenvalue weighted by Crippen LogP contribution is -2.49. The number of benzene rings is 1. The largest absolute Gasteiger partial charge is 0.417 e. The van der Waals surface area contributed by atoms with Gasteiger partial charge in [0.05, 0.1) is 11.1 Å². The van der Waals surface area contributed by atoms with Gasteiger partial charge in [-0.15, -0.1) is 10.2 Å². The number of hydrogen-bond acceptors (Lipinski definition) is 6. The summed E-state index contributed by atoms with van der Waals surface area (Å²) in [5, 5.41) is 8.69. The molecule has 4 rings (SSSR count). The van der Waals surface area contributed by atoms with E-state index in [2.05, 4.69) is 27.0 Å². The molecule has 0 spiro atoms. The Bertz CT molecular complexity index is 904. The van der Waals surface area contributed by atoms with E-state index in [4.69, 9.17) is 0 Å². The Hall–Kier alpha value is -2.88. The molecule has 2 fully saturated rings. The predicted molar refractivity (Wildman–Crippen MR) is 111 cm³/mol. The third kappa shape index (κ3) is 4.73. The first-order chi connectivity index (χ1) is 14.8. The van der Waals surface area contributed by atoms with Crippen LogP contribution >= 0.6 is 0 Å². The molecule has 10 heteroatoms. The molecular weight excluding hydrogens is 409 g/mol. The first-order valence-corrected chi connectivity index (χ1v) is 10.3. The van der Waals surface area contributed by atoms with Crippen molar-refractivity contribution in [1.29, 1.82) is 0 Å². The van der Waals surface area contributed by atoms with Crippen LogP contribution in [-0.4, -0.2) is 85.3 Å². The van der Waals surface area contributed by atoms with E-state index in [1.807, 2.05) is 17.0 Å². The van der Waals surface area contributed by atoms with Crippen molar-refractivity contribution in [3.63, 3.8) is 0 Å². The van der Waals surface area contributed by atoms with Crippen molar-refractivity contribution < 1.29 is 18.0 Å². The molecule has 2 aliphatic heterocycles. The van der Waals surface area contributed by atoms with Gasteiger partial charge in [-0.2, -0.15) is 13.2 Å². The summed E-state index contributed by atoms with van der Waals surface area (Å²) in [4.78, 5) is 20.7. The Morgan fingerprint density at radius 3 is 1.84 bits per heavy atom. The maximum Gasteiger partial charge on any atom is 0.417 e. The molecule has 7 nitrogen and oxygen atoms in total. The third-order valence-corrected chi connectivity index (χ3v) is 5.82. The zero-order valence-corrected chi connectivity index (χ0v) is 17.3. The molecule has 166 valence electrons. The van der Waals surface area contributed by atoms with E-state index in [9.17, 15) is 18.0 Å². The van der Waals surface area contributed by atoms with Crippen LogP contribution in [0.3, 0.4) is 0 Å². The van der Waals surface area contributed by atoms with Crippen LogP contribution in [0.15, 0.2) is 36.4 Å². The first kappa shape index (κ1) is 21.4. The zero-order valence-electron chi connectivity index (χ0n) is 17.3. The molecule has 1 amide bonds. The van der Waals surface area contributed by atoms with Crippen molar-refractivity contribution >= 4 is 17.5 Å². The molecule has 0 saturated carbocycles. The van der Waals surface area contributed by atoms with Gasteiger partial charge in [-0.3, -0.25) is 4.79 Å². The van der Waals surface area contributed by atoms with Crippen LogP contribution in [0.4, 0.5) is 24.8 Å². The van der Waals surface area contributed by atoms with Gasteiger partial charge in [0.25, 0.3) is 5.91 Å². The molecule has 2 saturated heterocycles. The second kappa shape index (κ2) is 8.70. The van der Waals surface area contributed by atoms with Crippen LogP contribution in [0.5, 0.6) is 0 Å². The van der Waals surface area contributed by atoms with Crippen molar-refractivity contribution in [1.82, 2.24) is 20.0 Å². The number of hydrogen-bond donors (Lipinski definition) is 0. The van der Waals surface area contributed by atoms with E-state index in [1.165, 1.54) is 23.1 Å². The SMILES string of the molecule is CN1CCN(c2ccc(N3CCN(C(=O)c4ccccc4C(F)(F)F)CC3)nn2)CC1. The number of rotatable bonds is 3. The summed E-state index contributed by atoms with van der Waals surface area (Å²) in [7, 11) is 2.10. The Morgan fingerprint density at radius 1 is 0.806 bits per heavy atom. The standard InChI is InChI=1S/C21H25F3N6O/c1-27-8-10-28(11-9-27)18-6-7-19(26-25-18)29-12-14-30(15-13-29)20(31)16-4-2-3-5-17(16)21(22,23)24/h2-7H,8-15H2,1H3. The van der Waals surface area contributed by atoms with Gasteiger partial charge in [-0.1, -0.05) is 12.1 Å². The molecule has 0 unspecified atom stereocenters. The second-order valence-corrected chi connectivity index (χ2v) is 7.86. The number of aromatic nitrogens is 2. The van der Waals surface area contributed by atoms with Gasteiger partial charge in [0.1, 0.15) is 0 Å². The minimum absolute atomic E-state index is 0.306. The number of amides is 1. The highest BCUT2D eigenvalue weighted by Crippen LogP contribution is 2.32. The van der Waals surface area contributed by atoms with Gasteiger partial charge < -0.3 is 19.6 Å². The van der Waals surface area contributed by atoms with Crippen molar-refractivity contribution in [2.24, 2.45) is 0 Å². The molecule has 0 aliphatic carbocycles. The summed E-state index contributed by atoms with van der Waals surface area (Å²) in [5.41, 5.74) is -1.20. The highest BCUT2D eigenvalue weighted by Gasteiger charge is 2.36. The van der Waals surface area contributed by atoms with E-state index < -0.39 is 17.6 Å². The lowest BCUT2D eigenvalue weighted by Gasteiger charge is -2.36. The van der Waals surface area contributed by atoms with Crippen LogP contribution in [0.25, 0.3) is 0 Å². The average molecular weight is 434 g/mol. The van der Waals surface area contributed by atoms with Crippen LogP contribution in [0.2, 0.25) is 0 Å². The fourth-order valence-corrected chi connectivity index (χ4v) is 3.92. The van der Waals surface area contributed by atoms with E-state index in [-0.39, 0.29) is 5.56 Å². The monoisotopic (exact) mass is 434 g/mol. The number of carbonyl (C=O) groups is 1. The highest BCUT2D eigenvalue weighted by molar-refractivity contribution is 5.96. The lowest BCUT2D eigenvalue weighted by atomic mass is 10.1. The Morgan fingerprint density at radius 2 is 1.32 bits per heavy atom. The summed E-state index contributed by atoms with van der Waals surface area (Å²) >= 11 is 0. The lowest BCUT2D eigenvalue weighted by molar-refractivity contribution is -0.138. The Balaban J connectivity index is 1.37. The molecule has 1 aromatic carbocycles. The van der Waals surface area contributed by atoms with Crippen molar-refractivity contribution in [3.8, 4) is 0 Å². The third-order valence-electron chi connectivity index (χ3n) is 5.82. The maximum atomic E-state index is 13.2. The molecule has 2 aromatic rings. The molecular formula is C21H25F3N6O. The number of halogens is 3. The maximum absolute atomic E-state index is 13.2. The van der Waals surface area contributed by atoms with E-state index in [0.29, 0.717) is 32.0 Å². The minimum atomic E-state index is -4.56. The summed E-state index contributed by atoms with van der Waals surface area (Å²) in [6, 6.07) is 8.79. The summed E-state index contributed by atoms with van der Waals surface area (Å²) in [6.07, 6.45) is -4.56. The number of anilines is 2. The van der Waals surface area contributed by atoms with E-state index >= 15 is 0 Å². The molecule has 0 N–H and O–H groups in total. The number of alkyl halides is 3. The summed E-state index contributed by atoms with van der Waals surface area (Å²) in [5.74, 6) is 0.958. The average Bonchev–Trinajstić information content (AvgIpc) is 2.79. The normalized spacial score (nSPS) is 18.4. The van der Waals surface area contributed by atoms with Gasteiger partial charge in [0.15, 0.2) is 11.6 Å². The summed E-state index contributed by atoms with van der Waals surface area (Å²) in [6.45, 7) is 5.41. The fraction of sp³-hybridized carbons (Fsp3) is 0.476. The molecule has 31 heavy (non-hydrogen) atoms. The van der Waals surface area contributed by atoms with Crippen molar-refractivity contribution in [2.75, 3.05) is 69.2 Å². The van der Waals surface area contributed by atoms with E-state index in [1.54, 1.807) is 0 Å².